The van der Waals surface area contributed by atoms with Crippen LogP contribution in [0.1, 0.15) is 29.5 Å². The summed E-state index contributed by atoms with van der Waals surface area (Å²) >= 11 is 0. The van der Waals surface area contributed by atoms with Crippen LogP contribution in [0.4, 0.5) is 0 Å². The quantitative estimate of drug-likeness (QED) is 0.799. The molecule has 1 nitrogen and oxygen atoms in total. The molecule has 0 bridgehead atoms. The van der Waals surface area contributed by atoms with Crippen LogP contribution in [0.15, 0.2) is 54.6 Å². The van der Waals surface area contributed by atoms with Gasteiger partial charge in [-0.25, -0.2) is 0 Å². The van der Waals surface area contributed by atoms with Gasteiger partial charge in [0.2, 0.25) is 0 Å². The van der Waals surface area contributed by atoms with E-state index in [1.54, 1.807) is 0 Å². The van der Waals surface area contributed by atoms with Gasteiger partial charge in [-0.15, -0.1) is 0 Å². The highest BCUT2D eigenvalue weighted by Crippen LogP contribution is 2.11. The normalized spacial score (nSPS) is 10.6. The maximum absolute atomic E-state index is 5.56. The average molecular weight is 253 g/mol. The molecule has 100 valence electrons. The van der Waals surface area contributed by atoms with Gasteiger partial charge in [0.1, 0.15) is 0 Å². The molecule has 0 aliphatic heterocycles. The van der Waals surface area contributed by atoms with Crippen LogP contribution in [-0.4, -0.2) is 6.54 Å². The largest absolute Gasteiger partial charge is 0.330 e. The van der Waals surface area contributed by atoms with Gasteiger partial charge in [0.25, 0.3) is 0 Å². The number of hydrogen-bond acceptors (Lipinski definition) is 1. The molecule has 2 rings (SSSR count). The standard InChI is InChI=1S/C18H23N/c19-14-6-13-18-12-5-11-17(15-18)10-4-9-16-7-2-1-3-8-16/h1-3,5,7-8,11-12,15H,4,6,9-10,13-14,19H2. The smallest absolute Gasteiger partial charge is 0.00741 e. The molecule has 0 saturated carbocycles. The zero-order chi connectivity index (χ0) is 13.3. The number of rotatable bonds is 7. The Morgan fingerprint density at radius 1 is 0.632 bits per heavy atom. The molecule has 19 heavy (non-hydrogen) atoms. The second-order valence-corrected chi connectivity index (χ2v) is 5.05. The average Bonchev–Trinajstić information content (AvgIpc) is 2.47. The number of hydrogen-bond donors (Lipinski definition) is 1. The number of nitrogens with two attached hydrogens (primary N) is 1. The van der Waals surface area contributed by atoms with Crippen LogP contribution in [0.2, 0.25) is 0 Å². The maximum atomic E-state index is 5.56. The number of benzene rings is 2. The molecule has 2 aromatic carbocycles. The van der Waals surface area contributed by atoms with Crippen LogP contribution in [-0.2, 0) is 19.3 Å². The third kappa shape index (κ3) is 4.88. The van der Waals surface area contributed by atoms with E-state index in [1.165, 1.54) is 23.1 Å². The molecule has 1 heteroatoms. The molecular weight excluding hydrogens is 230 g/mol. The minimum absolute atomic E-state index is 0.776. The Balaban J connectivity index is 1.82. The van der Waals surface area contributed by atoms with Gasteiger partial charge in [-0.3, -0.25) is 0 Å². The van der Waals surface area contributed by atoms with Crippen molar-refractivity contribution in [1.82, 2.24) is 0 Å². The van der Waals surface area contributed by atoms with E-state index in [0.717, 1.165) is 32.2 Å². The zero-order valence-electron chi connectivity index (χ0n) is 11.5. The van der Waals surface area contributed by atoms with Crippen LogP contribution < -0.4 is 5.73 Å². The van der Waals surface area contributed by atoms with Crippen molar-refractivity contribution in [2.75, 3.05) is 6.54 Å². The second kappa shape index (κ2) is 7.75. The topological polar surface area (TPSA) is 26.0 Å². The fourth-order valence-corrected chi connectivity index (χ4v) is 2.39. The summed E-state index contributed by atoms with van der Waals surface area (Å²) in [7, 11) is 0. The van der Waals surface area contributed by atoms with E-state index in [4.69, 9.17) is 5.73 Å². The second-order valence-electron chi connectivity index (χ2n) is 5.05. The third-order valence-electron chi connectivity index (χ3n) is 3.43. The molecule has 0 spiro atoms. The lowest BCUT2D eigenvalue weighted by atomic mass is 10.0. The van der Waals surface area contributed by atoms with Gasteiger partial charge in [0.15, 0.2) is 0 Å². The lowest BCUT2D eigenvalue weighted by Crippen LogP contribution is -2.00. The van der Waals surface area contributed by atoms with E-state index in [9.17, 15) is 0 Å². The van der Waals surface area contributed by atoms with Crippen LogP contribution in [0.25, 0.3) is 0 Å². The predicted molar refractivity (Wildman–Crippen MR) is 82.3 cm³/mol. The maximum Gasteiger partial charge on any atom is -0.00741 e. The summed E-state index contributed by atoms with van der Waals surface area (Å²) in [5, 5.41) is 0. The van der Waals surface area contributed by atoms with Gasteiger partial charge < -0.3 is 5.73 Å². The molecule has 0 unspecified atom stereocenters. The third-order valence-corrected chi connectivity index (χ3v) is 3.43. The molecule has 0 heterocycles. The molecule has 0 saturated heterocycles. The Morgan fingerprint density at radius 2 is 1.21 bits per heavy atom. The summed E-state index contributed by atoms with van der Waals surface area (Å²) < 4.78 is 0. The summed E-state index contributed by atoms with van der Waals surface area (Å²) in [4.78, 5) is 0. The van der Waals surface area contributed by atoms with Crippen molar-refractivity contribution in [2.45, 2.75) is 32.1 Å². The van der Waals surface area contributed by atoms with Gasteiger partial charge in [0, 0.05) is 0 Å². The lowest BCUT2D eigenvalue weighted by molar-refractivity contribution is 0.809. The summed E-state index contributed by atoms with van der Waals surface area (Å²) in [6, 6.07) is 19.7. The van der Waals surface area contributed by atoms with Crippen molar-refractivity contribution in [1.29, 1.82) is 0 Å². The predicted octanol–water partition coefficient (Wildman–Crippen LogP) is 3.75. The Bertz CT molecular complexity index is 476. The van der Waals surface area contributed by atoms with Crippen molar-refractivity contribution in [3.05, 3.63) is 71.3 Å². The molecule has 0 amide bonds. The van der Waals surface area contributed by atoms with E-state index >= 15 is 0 Å². The Labute approximate surface area is 116 Å². The molecule has 0 aliphatic carbocycles. The molecule has 0 atom stereocenters. The molecular formula is C18H23N. The van der Waals surface area contributed by atoms with Gasteiger partial charge in [-0.1, -0.05) is 54.6 Å². The van der Waals surface area contributed by atoms with E-state index < -0.39 is 0 Å². The van der Waals surface area contributed by atoms with Crippen LogP contribution in [0.5, 0.6) is 0 Å². The summed E-state index contributed by atoms with van der Waals surface area (Å²) in [5.74, 6) is 0. The van der Waals surface area contributed by atoms with Crippen molar-refractivity contribution in [3.63, 3.8) is 0 Å². The van der Waals surface area contributed by atoms with Crippen molar-refractivity contribution >= 4 is 0 Å². The fourth-order valence-electron chi connectivity index (χ4n) is 2.39. The first-order chi connectivity index (χ1) is 9.38. The highest BCUT2D eigenvalue weighted by molar-refractivity contribution is 5.24. The molecule has 2 N–H and O–H groups in total. The van der Waals surface area contributed by atoms with Gasteiger partial charge in [-0.2, -0.15) is 0 Å². The van der Waals surface area contributed by atoms with Gasteiger partial charge >= 0.3 is 0 Å². The van der Waals surface area contributed by atoms with Gasteiger partial charge in [0.05, 0.1) is 0 Å². The first-order valence-corrected chi connectivity index (χ1v) is 7.20. The SMILES string of the molecule is NCCCc1cccc(CCCc2ccccc2)c1. The monoisotopic (exact) mass is 253 g/mol. The molecule has 0 fully saturated rings. The first-order valence-electron chi connectivity index (χ1n) is 7.20. The van der Waals surface area contributed by atoms with Crippen molar-refractivity contribution in [3.8, 4) is 0 Å². The molecule has 0 radical (unpaired) electrons. The Morgan fingerprint density at radius 3 is 1.89 bits per heavy atom. The van der Waals surface area contributed by atoms with Crippen molar-refractivity contribution in [2.24, 2.45) is 5.73 Å². The fraction of sp³-hybridized carbons (Fsp3) is 0.333. The molecule has 0 aliphatic rings. The first kappa shape index (κ1) is 13.8. The van der Waals surface area contributed by atoms with Crippen LogP contribution in [0.3, 0.4) is 0 Å². The van der Waals surface area contributed by atoms with Crippen LogP contribution >= 0.6 is 0 Å². The molecule has 2 aromatic rings. The summed E-state index contributed by atoms with van der Waals surface area (Å²) in [6.45, 7) is 0.776. The van der Waals surface area contributed by atoms with E-state index in [1.807, 2.05) is 0 Å². The molecule has 0 aromatic heterocycles. The number of aryl methyl sites for hydroxylation is 3. The zero-order valence-corrected chi connectivity index (χ0v) is 11.5. The minimum atomic E-state index is 0.776. The highest BCUT2D eigenvalue weighted by atomic mass is 14.5. The lowest BCUT2D eigenvalue weighted by Gasteiger charge is -2.05. The minimum Gasteiger partial charge on any atom is -0.330 e. The Kier molecular flexibility index (Phi) is 5.64. The Hall–Kier alpha value is -1.60. The summed E-state index contributed by atoms with van der Waals surface area (Å²) in [6.07, 6.45) is 5.71. The van der Waals surface area contributed by atoms with E-state index in [0.29, 0.717) is 0 Å². The highest BCUT2D eigenvalue weighted by Gasteiger charge is 1.98. The van der Waals surface area contributed by atoms with E-state index in [-0.39, 0.29) is 0 Å². The van der Waals surface area contributed by atoms with E-state index in [2.05, 4.69) is 54.6 Å². The van der Waals surface area contributed by atoms with Crippen LogP contribution in [0, 0.1) is 0 Å². The van der Waals surface area contributed by atoms with Gasteiger partial charge in [-0.05, 0) is 55.3 Å². The summed E-state index contributed by atoms with van der Waals surface area (Å²) in [5.41, 5.74) is 9.86. The van der Waals surface area contributed by atoms with Crippen molar-refractivity contribution < 1.29 is 0 Å².